The van der Waals surface area contributed by atoms with Gasteiger partial charge < -0.3 is 0 Å². The molecule has 0 aromatic rings. The molecular weight excluding hydrogens is 259 g/mol. The van der Waals surface area contributed by atoms with Crippen LogP contribution < -0.4 is 0 Å². The fourth-order valence-electron chi connectivity index (χ4n) is 1.71. The van der Waals surface area contributed by atoms with Crippen LogP contribution in [0.5, 0.6) is 0 Å². The Morgan fingerprint density at radius 2 is 1.35 bits per heavy atom. The maximum absolute atomic E-state index is 13.6. The topological polar surface area (TPSA) is 20.3 Å². The Morgan fingerprint density at radius 3 is 1.65 bits per heavy atom. The van der Waals surface area contributed by atoms with Crippen LogP contribution in [0.4, 0.5) is 30.7 Å². The second kappa shape index (κ2) is 4.11. The van der Waals surface area contributed by atoms with E-state index >= 15 is 0 Å². The lowest BCUT2D eigenvalue weighted by molar-refractivity contribution is -0.343. The van der Waals surface area contributed by atoms with Gasteiger partial charge in [0.15, 0.2) is 0 Å². The predicted octanol–water partition coefficient (Wildman–Crippen LogP) is 2.44. The molecule has 1 fully saturated rings. The second-order valence-electron chi connectivity index (χ2n) is 3.66. The highest BCUT2D eigenvalue weighted by Crippen LogP contribution is 2.49. The number of alkyl halides is 6. The number of rotatable bonds is 3. The molecule has 0 N–H and O–H groups in total. The van der Waals surface area contributed by atoms with Crippen LogP contribution >= 0.6 is 0 Å². The summed E-state index contributed by atoms with van der Waals surface area (Å²) in [7, 11) is 0. The smallest absolute Gasteiger partial charge is 0.258 e. The summed E-state index contributed by atoms with van der Waals surface area (Å²) >= 11 is 0. The molecule has 9 heteroatoms. The Labute approximate surface area is 91.4 Å². The van der Waals surface area contributed by atoms with Gasteiger partial charge in [-0.05, 0) is 12.8 Å². The van der Waals surface area contributed by atoms with E-state index in [1.165, 1.54) is 0 Å². The van der Waals surface area contributed by atoms with Gasteiger partial charge in [-0.1, -0.05) is 0 Å². The first-order chi connectivity index (χ1) is 7.55. The second-order valence-corrected chi connectivity index (χ2v) is 3.66. The van der Waals surface area contributed by atoms with Gasteiger partial charge >= 0.3 is 23.9 Å². The molecular formula is C8H8F7NO. The van der Waals surface area contributed by atoms with E-state index in [-0.39, 0.29) is 17.7 Å². The Bertz CT molecular complexity index is 309. The minimum absolute atomic E-state index is 0.0678. The van der Waals surface area contributed by atoms with Crippen LogP contribution in [0.3, 0.4) is 0 Å². The number of likely N-dealkylation sites (tertiary alicyclic amines) is 1. The lowest BCUT2D eigenvalue weighted by atomic mass is 10.1. The molecule has 0 aromatic heterocycles. The van der Waals surface area contributed by atoms with Gasteiger partial charge in [-0.3, -0.25) is 9.69 Å². The van der Waals surface area contributed by atoms with Crippen molar-refractivity contribution < 1.29 is 35.5 Å². The molecule has 1 saturated heterocycles. The average molecular weight is 267 g/mol. The molecule has 1 unspecified atom stereocenters. The SMILES string of the molecule is O=C(F)C(F)(F)C(F)(N1CCCC1)C(F)(F)F. The molecule has 0 aromatic carbocycles. The first-order valence-electron chi connectivity index (χ1n) is 4.63. The third-order valence-corrected chi connectivity index (χ3v) is 2.58. The number of nitrogens with zero attached hydrogens (tertiary/aromatic N) is 1. The minimum Gasteiger partial charge on any atom is -0.258 e. The van der Waals surface area contributed by atoms with Gasteiger partial charge in [-0.15, -0.1) is 0 Å². The molecule has 1 aliphatic heterocycles. The van der Waals surface area contributed by atoms with Crippen molar-refractivity contribution in [2.24, 2.45) is 0 Å². The summed E-state index contributed by atoms with van der Waals surface area (Å²) < 4.78 is 88.6. The standard InChI is InChI=1S/C8H8F7NO/c9-5(17)6(10,11)7(12,8(13,14)15)16-3-1-2-4-16/h1-4H2. The first kappa shape index (κ1) is 14.2. The molecule has 2 nitrogen and oxygen atoms in total. The van der Waals surface area contributed by atoms with Crippen LogP contribution in [0.1, 0.15) is 12.8 Å². The summed E-state index contributed by atoms with van der Waals surface area (Å²) in [5.41, 5.74) is 0. The molecule has 0 bridgehead atoms. The maximum Gasteiger partial charge on any atom is 0.443 e. The summed E-state index contributed by atoms with van der Waals surface area (Å²) in [5, 5.41) is 0. The van der Waals surface area contributed by atoms with Crippen molar-refractivity contribution in [2.45, 2.75) is 30.7 Å². The van der Waals surface area contributed by atoms with Crippen LogP contribution in [-0.4, -0.2) is 41.9 Å². The highest BCUT2D eigenvalue weighted by atomic mass is 19.4. The highest BCUT2D eigenvalue weighted by molar-refractivity contribution is 5.78. The number of carbonyl (C=O) groups excluding carboxylic acids is 1. The van der Waals surface area contributed by atoms with Crippen molar-refractivity contribution >= 4 is 6.04 Å². The zero-order chi connectivity index (χ0) is 13.5. The summed E-state index contributed by atoms with van der Waals surface area (Å²) in [5.74, 6) is -11.1. The lowest BCUT2D eigenvalue weighted by Gasteiger charge is -2.38. The molecule has 17 heavy (non-hydrogen) atoms. The van der Waals surface area contributed by atoms with Gasteiger partial charge in [0.05, 0.1) is 0 Å². The van der Waals surface area contributed by atoms with Crippen LogP contribution in [0.2, 0.25) is 0 Å². The highest BCUT2D eigenvalue weighted by Gasteiger charge is 2.77. The number of hydrogen-bond donors (Lipinski definition) is 0. The van der Waals surface area contributed by atoms with Gasteiger partial charge in [-0.25, -0.2) is 4.39 Å². The van der Waals surface area contributed by atoms with E-state index in [1.807, 2.05) is 0 Å². The predicted molar refractivity (Wildman–Crippen MR) is 41.8 cm³/mol. The maximum atomic E-state index is 13.6. The van der Waals surface area contributed by atoms with Crippen LogP contribution in [0.25, 0.3) is 0 Å². The minimum atomic E-state index is -6.07. The van der Waals surface area contributed by atoms with Crippen molar-refractivity contribution in [2.75, 3.05) is 13.1 Å². The average Bonchev–Trinajstić information content (AvgIpc) is 2.66. The largest absolute Gasteiger partial charge is 0.443 e. The number of hydrogen-bond acceptors (Lipinski definition) is 2. The van der Waals surface area contributed by atoms with Gasteiger partial charge in [0, 0.05) is 13.1 Å². The molecule has 100 valence electrons. The quantitative estimate of drug-likeness (QED) is 0.444. The van der Waals surface area contributed by atoms with Crippen LogP contribution in [0, 0.1) is 0 Å². The molecule has 1 atom stereocenters. The van der Waals surface area contributed by atoms with E-state index in [1.54, 1.807) is 0 Å². The summed E-state index contributed by atoms with van der Waals surface area (Å²) in [6.45, 7) is -1.22. The molecule has 0 saturated carbocycles. The lowest BCUT2D eigenvalue weighted by Crippen LogP contribution is -2.67. The van der Waals surface area contributed by atoms with E-state index in [4.69, 9.17) is 0 Å². The third-order valence-electron chi connectivity index (χ3n) is 2.58. The number of halogens is 7. The van der Waals surface area contributed by atoms with E-state index in [2.05, 4.69) is 0 Å². The normalized spacial score (nSPS) is 22.5. The van der Waals surface area contributed by atoms with Gasteiger partial charge in [0.2, 0.25) is 0 Å². The molecule has 1 rings (SSSR count). The zero-order valence-corrected chi connectivity index (χ0v) is 8.33. The van der Waals surface area contributed by atoms with E-state index < -0.39 is 37.0 Å². The van der Waals surface area contributed by atoms with Crippen molar-refractivity contribution in [3.05, 3.63) is 0 Å². The van der Waals surface area contributed by atoms with Crippen LogP contribution in [0.15, 0.2) is 0 Å². The van der Waals surface area contributed by atoms with E-state index in [0.29, 0.717) is 0 Å². The van der Waals surface area contributed by atoms with Crippen molar-refractivity contribution in [1.82, 2.24) is 4.90 Å². The summed E-state index contributed by atoms with van der Waals surface area (Å²) in [6.07, 6.45) is -5.93. The Morgan fingerprint density at radius 1 is 0.941 bits per heavy atom. The van der Waals surface area contributed by atoms with Crippen molar-refractivity contribution in [1.29, 1.82) is 0 Å². The van der Waals surface area contributed by atoms with Gasteiger partial charge in [0.1, 0.15) is 0 Å². The third kappa shape index (κ3) is 2.00. The molecule has 0 radical (unpaired) electrons. The van der Waals surface area contributed by atoms with Crippen LogP contribution in [-0.2, 0) is 4.79 Å². The number of carbonyl (C=O) groups is 1. The summed E-state index contributed by atoms with van der Waals surface area (Å²) in [4.78, 5) is 9.69. The first-order valence-corrected chi connectivity index (χ1v) is 4.63. The molecule has 0 spiro atoms. The van der Waals surface area contributed by atoms with E-state index in [0.717, 1.165) is 0 Å². The molecule has 1 aliphatic rings. The monoisotopic (exact) mass is 267 g/mol. The fraction of sp³-hybridized carbons (Fsp3) is 0.875. The summed E-state index contributed by atoms with van der Waals surface area (Å²) in [6, 6.07) is -3.63. The Kier molecular flexibility index (Phi) is 3.43. The van der Waals surface area contributed by atoms with E-state index in [9.17, 15) is 35.5 Å². The molecule has 1 heterocycles. The van der Waals surface area contributed by atoms with Crippen molar-refractivity contribution in [3.63, 3.8) is 0 Å². The Balaban J connectivity index is 3.24. The van der Waals surface area contributed by atoms with Gasteiger partial charge in [-0.2, -0.15) is 26.3 Å². The molecule has 0 amide bonds. The molecule has 0 aliphatic carbocycles. The van der Waals surface area contributed by atoms with Gasteiger partial charge in [0.25, 0.3) is 0 Å². The fourth-order valence-corrected chi connectivity index (χ4v) is 1.71. The Hall–Kier alpha value is -0.860. The zero-order valence-electron chi connectivity index (χ0n) is 8.33. The van der Waals surface area contributed by atoms with Crippen molar-refractivity contribution in [3.8, 4) is 0 Å².